The van der Waals surface area contributed by atoms with Crippen LogP contribution in [0.5, 0.6) is 0 Å². The van der Waals surface area contributed by atoms with E-state index in [0.717, 1.165) is 12.5 Å². The van der Waals surface area contributed by atoms with Gasteiger partial charge in [-0.2, -0.15) is 0 Å². The molecule has 0 saturated carbocycles. The van der Waals surface area contributed by atoms with Crippen LogP contribution >= 0.6 is 0 Å². The molecule has 0 amide bonds. The van der Waals surface area contributed by atoms with E-state index in [1.807, 2.05) is 0 Å². The zero-order valence-corrected chi connectivity index (χ0v) is 11.2. The summed E-state index contributed by atoms with van der Waals surface area (Å²) in [6.45, 7) is 6.15. The number of aryl methyl sites for hydroxylation is 1. The predicted molar refractivity (Wildman–Crippen MR) is 75.6 cm³/mol. The Balaban J connectivity index is 1.63. The number of piperidine rings is 1. The fourth-order valence-corrected chi connectivity index (χ4v) is 3.37. The molecule has 0 radical (unpaired) electrons. The Morgan fingerprint density at radius 2 is 2.06 bits per heavy atom. The summed E-state index contributed by atoms with van der Waals surface area (Å²) in [6, 6.07) is 8.98. The first-order valence-electron chi connectivity index (χ1n) is 7.41. The van der Waals surface area contributed by atoms with Crippen LogP contribution in [0.2, 0.25) is 0 Å². The Morgan fingerprint density at radius 1 is 1.17 bits per heavy atom. The molecule has 2 heteroatoms. The van der Waals surface area contributed by atoms with Crippen LogP contribution in [-0.2, 0) is 13.0 Å². The van der Waals surface area contributed by atoms with Crippen LogP contribution in [0.15, 0.2) is 24.3 Å². The Bertz CT molecular complexity index is 382. The van der Waals surface area contributed by atoms with E-state index in [1.54, 1.807) is 11.1 Å². The summed E-state index contributed by atoms with van der Waals surface area (Å²) < 4.78 is 0. The topological polar surface area (TPSA) is 15.3 Å². The van der Waals surface area contributed by atoms with Gasteiger partial charge < -0.3 is 5.32 Å². The van der Waals surface area contributed by atoms with Crippen molar-refractivity contribution < 1.29 is 0 Å². The minimum atomic E-state index is 0.865. The summed E-state index contributed by atoms with van der Waals surface area (Å²) in [4.78, 5) is 2.67. The lowest BCUT2D eigenvalue weighted by Crippen LogP contribution is -2.38. The quantitative estimate of drug-likeness (QED) is 0.859. The highest BCUT2D eigenvalue weighted by Gasteiger charge is 2.19. The smallest absolute Gasteiger partial charge is 0.0236 e. The van der Waals surface area contributed by atoms with Crippen LogP contribution in [0.25, 0.3) is 0 Å². The summed E-state index contributed by atoms with van der Waals surface area (Å²) in [5.74, 6) is 0.865. The number of hydrogen-bond donors (Lipinski definition) is 1. The maximum absolute atomic E-state index is 3.53. The van der Waals surface area contributed by atoms with Gasteiger partial charge in [0.05, 0.1) is 0 Å². The van der Waals surface area contributed by atoms with Gasteiger partial charge in [0.1, 0.15) is 0 Å². The summed E-state index contributed by atoms with van der Waals surface area (Å²) in [7, 11) is 0. The molecule has 98 valence electrons. The van der Waals surface area contributed by atoms with E-state index in [0.29, 0.717) is 0 Å². The molecule has 2 aliphatic rings. The third-order valence-electron chi connectivity index (χ3n) is 4.35. The molecule has 2 nitrogen and oxygen atoms in total. The van der Waals surface area contributed by atoms with Gasteiger partial charge in [0.15, 0.2) is 0 Å². The number of fused-ring (bicyclic) bond motifs is 1. The molecule has 1 atom stereocenters. The molecular weight excluding hydrogens is 220 g/mol. The minimum absolute atomic E-state index is 0.865. The van der Waals surface area contributed by atoms with Crippen molar-refractivity contribution in [1.82, 2.24) is 10.2 Å². The van der Waals surface area contributed by atoms with Crippen molar-refractivity contribution in [2.24, 2.45) is 5.92 Å². The summed E-state index contributed by atoms with van der Waals surface area (Å²) >= 11 is 0. The van der Waals surface area contributed by atoms with E-state index >= 15 is 0 Å². The molecule has 0 aromatic heterocycles. The Morgan fingerprint density at radius 3 is 2.89 bits per heavy atom. The molecule has 3 rings (SSSR count). The molecule has 0 spiro atoms. The molecule has 1 aromatic carbocycles. The Kier molecular flexibility index (Phi) is 3.96. The maximum atomic E-state index is 3.53. The predicted octanol–water partition coefficient (Wildman–Crippen LogP) is 2.43. The van der Waals surface area contributed by atoms with Crippen molar-refractivity contribution in [3.63, 3.8) is 0 Å². The van der Waals surface area contributed by atoms with Gasteiger partial charge >= 0.3 is 0 Å². The van der Waals surface area contributed by atoms with Gasteiger partial charge in [0, 0.05) is 13.1 Å². The monoisotopic (exact) mass is 244 g/mol. The van der Waals surface area contributed by atoms with Gasteiger partial charge in [-0.25, -0.2) is 0 Å². The number of rotatable bonds is 2. The van der Waals surface area contributed by atoms with E-state index in [-0.39, 0.29) is 0 Å². The molecule has 0 aliphatic carbocycles. The van der Waals surface area contributed by atoms with E-state index in [4.69, 9.17) is 0 Å². The van der Waals surface area contributed by atoms with Crippen LogP contribution < -0.4 is 5.32 Å². The molecule has 1 saturated heterocycles. The summed E-state index contributed by atoms with van der Waals surface area (Å²) in [5.41, 5.74) is 3.13. The molecule has 0 unspecified atom stereocenters. The largest absolute Gasteiger partial charge is 0.316 e. The Labute approximate surface area is 110 Å². The second kappa shape index (κ2) is 5.85. The van der Waals surface area contributed by atoms with Gasteiger partial charge in [-0.3, -0.25) is 4.90 Å². The van der Waals surface area contributed by atoms with Crippen molar-refractivity contribution in [2.45, 2.75) is 32.2 Å². The Hall–Kier alpha value is -0.860. The van der Waals surface area contributed by atoms with E-state index in [1.165, 1.54) is 51.9 Å². The minimum Gasteiger partial charge on any atom is -0.316 e. The molecule has 2 heterocycles. The normalized spacial score (nSPS) is 25.4. The van der Waals surface area contributed by atoms with Crippen molar-refractivity contribution >= 4 is 0 Å². The van der Waals surface area contributed by atoms with Gasteiger partial charge in [-0.1, -0.05) is 24.3 Å². The molecule has 18 heavy (non-hydrogen) atoms. The second-order valence-corrected chi connectivity index (χ2v) is 5.82. The first kappa shape index (κ1) is 12.2. The lowest BCUT2D eigenvalue weighted by molar-refractivity contribution is 0.203. The zero-order chi connectivity index (χ0) is 12.2. The lowest BCUT2D eigenvalue weighted by Gasteiger charge is -2.29. The third-order valence-corrected chi connectivity index (χ3v) is 4.35. The van der Waals surface area contributed by atoms with Gasteiger partial charge in [-0.05, 0) is 62.4 Å². The van der Waals surface area contributed by atoms with Crippen LogP contribution in [0.1, 0.15) is 30.4 Å². The van der Waals surface area contributed by atoms with Crippen molar-refractivity contribution in [3.05, 3.63) is 35.4 Å². The van der Waals surface area contributed by atoms with Gasteiger partial charge in [0.25, 0.3) is 0 Å². The fourth-order valence-electron chi connectivity index (χ4n) is 3.37. The number of nitrogens with zero attached hydrogens (tertiary/aromatic N) is 1. The van der Waals surface area contributed by atoms with E-state index < -0.39 is 0 Å². The molecule has 0 bridgehead atoms. The summed E-state index contributed by atoms with van der Waals surface area (Å²) in [6.07, 6.45) is 5.34. The average molecular weight is 244 g/mol. The highest BCUT2D eigenvalue weighted by atomic mass is 15.1. The van der Waals surface area contributed by atoms with Gasteiger partial charge in [0.2, 0.25) is 0 Å². The number of nitrogens with one attached hydrogen (secondary N) is 1. The first-order valence-corrected chi connectivity index (χ1v) is 7.41. The zero-order valence-electron chi connectivity index (χ0n) is 11.2. The van der Waals surface area contributed by atoms with Crippen LogP contribution in [0, 0.1) is 5.92 Å². The number of benzene rings is 1. The SMILES string of the molecule is c1ccc2c(c1)CCCN(C[C@@H]1CCCNC1)C2. The average Bonchev–Trinajstić information content (AvgIpc) is 2.61. The van der Waals surface area contributed by atoms with Crippen molar-refractivity contribution in [1.29, 1.82) is 0 Å². The second-order valence-electron chi connectivity index (χ2n) is 5.82. The standard InChI is InChI=1S/C16H24N2/c1-2-7-16-13-18(10-4-8-15(16)6-1)12-14-5-3-9-17-11-14/h1-2,6-7,14,17H,3-5,8-13H2/t14-/m1/s1. The molecule has 1 fully saturated rings. The number of hydrogen-bond acceptors (Lipinski definition) is 2. The highest BCUT2D eigenvalue weighted by molar-refractivity contribution is 5.28. The lowest BCUT2D eigenvalue weighted by atomic mass is 9.99. The molecule has 1 N–H and O–H groups in total. The fraction of sp³-hybridized carbons (Fsp3) is 0.625. The van der Waals surface area contributed by atoms with Crippen LogP contribution in [0.4, 0.5) is 0 Å². The van der Waals surface area contributed by atoms with Crippen LogP contribution in [-0.4, -0.2) is 31.1 Å². The third kappa shape index (κ3) is 2.93. The molecular formula is C16H24N2. The first-order chi connectivity index (χ1) is 8.92. The summed E-state index contributed by atoms with van der Waals surface area (Å²) in [5, 5.41) is 3.53. The van der Waals surface area contributed by atoms with E-state index in [9.17, 15) is 0 Å². The highest BCUT2D eigenvalue weighted by Crippen LogP contribution is 2.20. The van der Waals surface area contributed by atoms with E-state index in [2.05, 4.69) is 34.5 Å². The molecule has 2 aliphatic heterocycles. The molecule has 1 aromatic rings. The van der Waals surface area contributed by atoms with Crippen molar-refractivity contribution in [3.8, 4) is 0 Å². The van der Waals surface area contributed by atoms with Crippen molar-refractivity contribution in [2.75, 3.05) is 26.2 Å². The maximum Gasteiger partial charge on any atom is 0.0236 e. The van der Waals surface area contributed by atoms with Gasteiger partial charge in [-0.15, -0.1) is 0 Å². The van der Waals surface area contributed by atoms with Crippen LogP contribution in [0.3, 0.4) is 0 Å².